The molecule has 0 fully saturated rings. The normalized spacial score (nSPS) is 10.0. The van der Waals surface area contributed by atoms with E-state index < -0.39 is 0 Å². The van der Waals surface area contributed by atoms with E-state index in [2.05, 4.69) is 30.3 Å². The van der Waals surface area contributed by atoms with Gasteiger partial charge in [-0.05, 0) is 6.07 Å². The second-order valence-electron chi connectivity index (χ2n) is 4.44. The SMILES string of the molecule is [c]1ccccc1N=C(c1ccccc1)c1ccccc1. The van der Waals surface area contributed by atoms with Crippen LogP contribution in [0.15, 0.2) is 89.9 Å². The molecule has 20 heavy (non-hydrogen) atoms. The van der Waals surface area contributed by atoms with Crippen molar-refractivity contribution < 1.29 is 0 Å². The van der Waals surface area contributed by atoms with E-state index in [1.54, 1.807) is 0 Å². The van der Waals surface area contributed by atoms with Crippen LogP contribution in [0.2, 0.25) is 0 Å². The lowest BCUT2D eigenvalue weighted by atomic mass is 10.0. The van der Waals surface area contributed by atoms with E-state index in [0.717, 1.165) is 22.5 Å². The minimum Gasteiger partial charge on any atom is -0.247 e. The predicted molar refractivity (Wildman–Crippen MR) is 83.5 cm³/mol. The Hall–Kier alpha value is -2.67. The van der Waals surface area contributed by atoms with Crippen molar-refractivity contribution in [2.24, 2.45) is 4.99 Å². The Labute approximate surface area is 119 Å². The number of nitrogens with zero attached hydrogens (tertiary/aromatic N) is 1. The third-order valence-electron chi connectivity index (χ3n) is 3.02. The third-order valence-corrected chi connectivity index (χ3v) is 3.02. The fourth-order valence-electron chi connectivity index (χ4n) is 2.06. The van der Waals surface area contributed by atoms with Gasteiger partial charge in [-0.2, -0.15) is 0 Å². The van der Waals surface area contributed by atoms with Gasteiger partial charge in [-0.3, -0.25) is 0 Å². The van der Waals surface area contributed by atoms with Gasteiger partial charge >= 0.3 is 0 Å². The van der Waals surface area contributed by atoms with Crippen molar-refractivity contribution in [1.82, 2.24) is 0 Å². The van der Waals surface area contributed by atoms with Gasteiger partial charge in [0.2, 0.25) is 0 Å². The van der Waals surface area contributed by atoms with Crippen molar-refractivity contribution in [3.05, 3.63) is 102 Å². The summed E-state index contributed by atoms with van der Waals surface area (Å²) < 4.78 is 0. The summed E-state index contributed by atoms with van der Waals surface area (Å²) in [5.74, 6) is 0. The van der Waals surface area contributed by atoms with E-state index in [1.807, 2.05) is 60.7 Å². The summed E-state index contributed by atoms with van der Waals surface area (Å²) in [5, 5.41) is 0. The number of hydrogen-bond acceptors (Lipinski definition) is 1. The maximum Gasteiger partial charge on any atom is 0.0781 e. The van der Waals surface area contributed by atoms with Gasteiger partial charge < -0.3 is 0 Å². The summed E-state index contributed by atoms with van der Waals surface area (Å²) in [5.41, 5.74) is 4.02. The van der Waals surface area contributed by atoms with Gasteiger partial charge in [0, 0.05) is 17.2 Å². The number of aliphatic imine (C=N–C) groups is 1. The molecule has 0 aliphatic carbocycles. The molecule has 0 bridgehead atoms. The molecule has 0 saturated carbocycles. The fraction of sp³-hybridized carbons (Fsp3) is 0. The van der Waals surface area contributed by atoms with E-state index >= 15 is 0 Å². The Kier molecular flexibility index (Phi) is 3.70. The number of benzene rings is 3. The van der Waals surface area contributed by atoms with Gasteiger partial charge in [-0.1, -0.05) is 78.9 Å². The molecule has 3 aromatic carbocycles. The quantitative estimate of drug-likeness (QED) is 0.604. The highest BCUT2D eigenvalue weighted by Gasteiger charge is 2.06. The summed E-state index contributed by atoms with van der Waals surface area (Å²) in [6.45, 7) is 0. The molecule has 1 nitrogen and oxygen atoms in total. The maximum atomic E-state index is 4.76. The topological polar surface area (TPSA) is 12.4 Å². The molecule has 0 unspecified atom stereocenters. The first-order valence-electron chi connectivity index (χ1n) is 6.60. The summed E-state index contributed by atoms with van der Waals surface area (Å²) in [4.78, 5) is 4.76. The van der Waals surface area contributed by atoms with Crippen molar-refractivity contribution in [2.75, 3.05) is 0 Å². The predicted octanol–water partition coefficient (Wildman–Crippen LogP) is 4.66. The van der Waals surface area contributed by atoms with Crippen LogP contribution in [0.25, 0.3) is 0 Å². The molecule has 0 saturated heterocycles. The maximum absolute atomic E-state index is 4.76. The first-order valence-corrected chi connectivity index (χ1v) is 6.60. The lowest BCUT2D eigenvalue weighted by Crippen LogP contribution is -2.02. The van der Waals surface area contributed by atoms with Gasteiger partial charge in [0.1, 0.15) is 0 Å². The highest BCUT2D eigenvalue weighted by molar-refractivity contribution is 6.13. The minimum absolute atomic E-state index is 0.843. The fourth-order valence-corrected chi connectivity index (χ4v) is 2.06. The minimum atomic E-state index is 0.843. The average molecular weight is 256 g/mol. The van der Waals surface area contributed by atoms with Crippen molar-refractivity contribution in [1.29, 1.82) is 0 Å². The van der Waals surface area contributed by atoms with Crippen molar-refractivity contribution in [2.45, 2.75) is 0 Å². The van der Waals surface area contributed by atoms with Crippen LogP contribution in [0.5, 0.6) is 0 Å². The standard InChI is InChI=1S/C19H14N/c1-4-10-16(11-5-1)19(17-12-6-2-7-13-17)20-18-14-8-3-9-15-18/h1-14H. The molecule has 1 radical (unpaired) electrons. The third kappa shape index (κ3) is 2.83. The Bertz CT molecular complexity index is 644. The number of rotatable bonds is 3. The van der Waals surface area contributed by atoms with E-state index in [-0.39, 0.29) is 0 Å². The lowest BCUT2D eigenvalue weighted by Gasteiger charge is -2.07. The Morgan fingerprint density at radius 1 is 0.650 bits per heavy atom. The molecule has 95 valence electrons. The molecule has 3 aromatic rings. The van der Waals surface area contributed by atoms with Gasteiger partial charge in [-0.25, -0.2) is 4.99 Å². The van der Waals surface area contributed by atoms with Crippen molar-refractivity contribution in [3.63, 3.8) is 0 Å². The van der Waals surface area contributed by atoms with Crippen molar-refractivity contribution in [3.8, 4) is 0 Å². The second kappa shape index (κ2) is 5.98. The molecule has 1 heteroatoms. The highest BCUT2D eigenvalue weighted by atomic mass is 14.7. The van der Waals surface area contributed by atoms with Crippen LogP contribution in [-0.4, -0.2) is 5.71 Å². The molecule has 0 amide bonds. The summed E-state index contributed by atoms with van der Waals surface area (Å²) in [6.07, 6.45) is 0. The molecule has 0 aliphatic rings. The molecule has 0 aliphatic heterocycles. The second-order valence-corrected chi connectivity index (χ2v) is 4.44. The van der Waals surface area contributed by atoms with Crippen LogP contribution in [0.4, 0.5) is 5.69 Å². The zero-order valence-corrected chi connectivity index (χ0v) is 11.0. The molecule has 3 rings (SSSR count). The Morgan fingerprint density at radius 2 is 1.20 bits per heavy atom. The molecular weight excluding hydrogens is 242 g/mol. The molecule has 0 atom stereocenters. The van der Waals surface area contributed by atoms with Crippen LogP contribution in [-0.2, 0) is 0 Å². The Balaban J connectivity index is 2.12. The molecule has 0 N–H and O–H groups in total. The smallest absolute Gasteiger partial charge is 0.0781 e. The van der Waals surface area contributed by atoms with E-state index in [9.17, 15) is 0 Å². The highest BCUT2D eigenvalue weighted by Crippen LogP contribution is 2.17. The number of hydrogen-bond donors (Lipinski definition) is 0. The molecular formula is C19H14N. The van der Waals surface area contributed by atoms with Crippen LogP contribution >= 0.6 is 0 Å². The van der Waals surface area contributed by atoms with Gasteiger partial charge in [-0.15, -0.1) is 0 Å². The van der Waals surface area contributed by atoms with Gasteiger partial charge in [0.15, 0.2) is 0 Å². The first-order chi connectivity index (χ1) is 9.93. The van der Waals surface area contributed by atoms with E-state index in [1.165, 1.54) is 0 Å². The Morgan fingerprint density at radius 3 is 1.70 bits per heavy atom. The van der Waals surface area contributed by atoms with Crippen LogP contribution in [0.3, 0.4) is 0 Å². The van der Waals surface area contributed by atoms with Gasteiger partial charge in [0.25, 0.3) is 0 Å². The van der Waals surface area contributed by atoms with E-state index in [0.29, 0.717) is 0 Å². The van der Waals surface area contributed by atoms with Gasteiger partial charge in [0.05, 0.1) is 11.4 Å². The summed E-state index contributed by atoms with van der Waals surface area (Å²) in [6, 6.07) is 31.4. The van der Waals surface area contributed by atoms with E-state index in [4.69, 9.17) is 4.99 Å². The largest absolute Gasteiger partial charge is 0.247 e. The van der Waals surface area contributed by atoms with Crippen molar-refractivity contribution >= 4 is 11.4 Å². The lowest BCUT2D eigenvalue weighted by molar-refractivity contribution is 1.47. The zero-order chi connectivity index (χ0) is 13.6. The zero-order valence-electron chi connectivity index (χ0n) is 11.0. The number of para-hydroxylation sites is 1. The molecule has 0 heterocycles. The summed E-state index contributed by atoms with van der Waals surface area (Å²) in [7, 11) is 0. The average Bonchev–Trinajstić information content (AvgIpc) is 2.55. The molecule has 0 aromatic heterocycles. The first kappa shape index (κ1) is 12.4. The monoisotopic (exact) mass is 256 g/mol. The summed E-state index contributed by atoms with van der Waals surface area (Å²) >= 11 is 0. The van der Waals surface area contributed by atoms with Crippen LogP contribution in [0, 0.1) is 6.07 Å². The van der Waals surface area contributed by atoms with Crippen LogP contribution < -0.4 is 0 Å². The van der Waals surface area contributed by atoms with Crippen LogP contribution in [0.1, 0.15) is 11.1 Å². The molecule has 0 spiro atoms.